The summed E-state index contributed by atoms with van der Waals surface area (Å²) in [5, 5.41) is 13.9. The normalized spacial score (nSPS) is 11.0. The van der Waals surface area contributed by atoms with Crippen LogP contribution in [0.1, 0.15) is 18.1 Å². The van der Waals surface area contributed by atoms with Gasteiger partial charge in [0, 0.05) is 15.6 Å². The van der Waals surface area contributed by atoms with E-state index >= 15 is 0 Å². The highest BCUT2D eigenvalue weighted by molar-refractivity contribution is 9.08. The molecule has 0 spiro atoms. The number of aryl methyl sites for hydroxylation is 1. The number of thiophene rings is 1. The maximum absolute atomic E-state index is 9.82. The Hall–Kier alpha value is -0.540. The van der Waals surface area contributed by atoms with E-state index in [0.717, 1.165) is 12.0 Å². The zero-order chi connectivity index (χ0) is 10.1. The lowest BCUT2D eigenvalue weighted by atomic mass is 10.0. The van der Waals surface area contributed by atoms with Crippen molar-refractivity contribution < 1.29 is 5.11 Å². The van der Waals surface area contributed by atoms with Gasteiger partial charge in [-0.05, 0) is 34.9 Å². The highest BCUT2D eigenvalue weighted by Crippen LogP contribution is 2.34. The van der Waals surface area contributed by atoms with Crippen LogP contribution in [0.2, 0.25) is 0 Å². The zero-order valence-corrected chi connectivity index (χ0v) is 10.3. The lowest BCUT2D eigenvalue weighted by molar-refractivity contribution is 0.471. The van der Waals surface area contributed by atoms with Gasteiger partial charge < -0.3 is 5.11 Å². The third-order valence-electron chi connectivity index (χ3n) is 2.45. The van der Waals surface area contributed by atoms with Crippen molar-refractivity contribution in [1.82, 2.24) is 0 Å². The summed E-state index contributed by atoms with van der Waals surface area (Å²) < 4.78 is 1.17. The van der Waals surface area contributed by atoms with Crippen molar-refractivity contribution in [3.63, 3.8) is 0 Å². The number of hydrogen-bond donors (Lipinski definition) is 1. The second kappa shape index (κ2) is 3.91. The Morgan fingerprint density at radius 1 is 1.43 bits per heavy atom. The maximum Gasteiger partial charge on any atom is 0.121 e. The fourth-order valence-corrected chi connectivity index (χ4v) is 3.24. The van der Waals surface area contributed by atoms with Crippen LogP contribution in [0.25, 0.3) is 10.1 Å². The molecular weight excluding hydrogens is 260 g/mol. The number of rotatable bonds is 2. The summed E-state index contributed by atoms with van der Waals surface area (Å²) in [7, 11) is 0. The molecule has 0 atom stereocenters. The number of alkyl halides is 1. The van der Waals surface area contributed by atoms with Gasteiger partial charge in [0.15, 0.2) is 0 Å². The average Bonchev–Trinajstić information content (AvgIpc) is 2.62. The molecule has 0 saturated heterocycles. The van der Waals surface area contributed by atoms with E-state index in [2.05, 4.69) is 34.3 Å². The molecule has 0 radical (unpaired) electrons. The smallest absolute Gasteiger partial charge is 0.121 e. The Morgan fingerprint density at radius 3 is 2.86 bits per heavy atom. The fourth-order valence-electron chi connectivity index (χ4n) is 1.76. The number of halogens is 1. The van der Waals surface area contributed by atoms with Crippen LogP contribution in [0.15, 0.2) is 17.5 Å². The van der Waals surface area contributed by atoms with Crippen LogP contribution >= 0.6 is 27.3 Å². The molecule has 0 amide bonds. The predicted octanol–water partition coefficient (Wildman–Crippen LogP) is 4.06. The topological polar surface area (TPSA) is 20.2 Å². The van der Waals surface area contributed by atoms with Gasteiger partial charge in [-0.3, -0.25) is 0 Å². The van der Waals surface area contributed by atoms with Crippen LogP contribution in [0, 0.1) is 0 Å². The van der Waals surface area contributed by atoms with E-state index in [1.807, 2.05) is 6.07 Å². The minimum Gasteiger partial charge on any atom is -0.508 e. The summed E-state index contributed by atoms with van der Waals surface area (Å²) in [5.74, 6) is 0.411. The van der Waals surface area contributed by atoms with E-state index in [1.165, 1.54) is 15.6 Å². The van der Waals surface area contributed by atoms with E-state index in [-0.39, 0.29) is 0 Å². The van der Waals surface area contributed by atoms with E-state index in [0.29, 0.717) is 11.1 Å². The molecule has 0 saturated carbocycles. The van der Waals surface area contributed by atoms with E-state index < -0.39 is 0 Å². The van der Waals surface area contributed by atoms with Gasteiger partial charge in [-0.2, -0.15) is 0 Å². The minimum atomic E-state index is 0.411. The lowest BCUT2D eigenvalue weighted by Crippen LogP contribution is -1.90. The monoisotopic (exact) mass is 270 g/mol. The summed E-state index contributed by atoms with van der Waals surface area (Å²) in [6.45, 7) is 2.12. The molecule has 0 aliphatic rings. The van der Waals surface area contributed by atoms with Gasteiger partial charge in [0.1, 0.15) is 5.75 Å². The van der Waals surface area contributed by atoms with Crippen molar-refractivity contribution in [1.29, 1.82) is 0 Å². The van der Waals surface area contributed by atoms with E-state index in [9.17, 15) is 5.11 Å². The van der Waals surface area contributed by atoms with Gasteiger partial charge in [-0.25, -0.2) is 0 Å². The first-order chi connectivity index (χ1) is 6.77. The second-order valence-corrected chi connectivity index (χ2v) is 4.68. The first-order valence-electron chi connectivity index (χ1n) is 4.54. The SMILES string of the molecule is CCc1c(CBr)c(O)cc2sccc12. The van der Waals surface area contributed by atoms with Crippen molar-refractivity contribution in [2.24, 2.45) is 0 Å². The number of aromatic hydroxyl groups is 1. The molecular formula is C11H11BrOS. The predicted molar refractivity (Wildman–Crippen MR) is 65.5 cm³/mol. The quantitative estimate of drug-likeness (QED) is 0.816. The highest BCUT2D eigenvalue weighted by Gasteiger charge is 2.10. The Bertz CT molecular complexity index is 462. The fraction of sp³-hybridized carbons (Fsp3) is 0.273. The van der Waals surface area contributed by atoms with Gasteiger partial charge in [-0.1, -0.05) is 22.9 Å². The molecule has 74 valence electrons. The summed E-state index contributed by atoms with van der Waals surface area (Å²) >= 11 is 5.09. The molecule has 1 aromatic carbocycles. The number of fused-ring (bicyclic) bond motifs is 1. The standard InChI is InChI=1S/C11H11BrOS/c1-2-7-8-3-4-14-11(8)5-10(13)9(7)6-12/h3-5,13H,2,6H2,1H3. The van der Waals surface area contributed by atoms with Gasteiger partial charge in [-0.15, -0.1) is 11.3 Å². The van der Waals surface area contributed by atoms with Gasteiger partial charge >= 0.3 is 0 Å². The summed E-state index contributed by atoms with van der Waals surface area (Å²) in [6, 6.07) is 3.99. The minimum absolute atomic E-state index is 0.411. The first-order valence-corrected chi connectivity index (χ1v) is 6.55. The average molecular weight is 271 g/mol. The summed E-state index contributed by atoms with van der Waals surface area (Å²) in [4.78, 5) is 0. The summed E-state index contributed by atoms with van der Waals surface area (Å²) in [6.07, 6.45) is 0.961. The Labute approximate surface area is 95.5 Å². The molecule has 0 bridgehead atoms. The number of phenols is 1. The highest BCUT2D eigenvalue weighted by atomic mass is 79.9. The van der Waals surface area contributed by atoms with Crippen LogP contribution in [-0.4, -0.2) is 5.11 Å². The molecule has 1 heterocycles. The van der Waals surface area contributed by atoms with Crippen molar-refractivity contribution in [2.75, 3.05) is 0 Å². The van der Waals surface area contributed by atoms with E-state index in [1.54, 1.807) is 11.3 Å². The van der Waals surface area contributed by atoms with E-state index in [4.69, 9.17) is 0 Å². The van der Waals surface area contributed by atoms with Crippen molar-refractivity contribution in [2.45, 2.75) is 18.7 Å². The molecule has 0 fully saturated rings. The second-order valence-electron chi connectivity index (χ2n) is 3.17. The molecule has 2 aromatic rings. The van der Waals surface area contributed by atoms with Crippen molar-refractivity contribution in [3.05, 3.63) is 28.6 Å². The molecule has 0 aliphatic heterocycles. The number of hydrogen-bond acceptors (Lipinski definition) is 2. The van der Waals surface area contributed by atoms with Crippen molar-refractivity contribution >= 4 is 37.4 Å². The van der Waals surface area contributed by atoms with Crippen LogP contribution in [0.4, 0.5) is 0 Å². The molecule has 3 heteroatoms. The Morgan fingerprint density at radius 2 is 2.21 bits per heavy atom. The molecule has 1 N–H and O–H groups in total. The largest absolute Gasteiger partial charge is 0.508 e. The van der Waals surface area contributed by atoms with Crippen molar-refractivity contribution in [3.8, 4) is 5.75 Å². The van der Waals surface area contributed by atoms with Gasteiger partial charge in [0.25, 0.3) is 0 Å². The van der Waals surface area contributed by atoms with Crippen LogP contribution in [0.5, 0.6) is 5.75 Å². The molecule has 1 aromatic heterocycles. The molecule has 0 aliphatic carbocycles. The lowest BCUT2D eigenvalue weighted by Gasteiger charge is -2.08. The Kier molecular flexibility index (Phi) is 2.79. The molecule has 0 unspecified atom stereocenters. The third kappa shape index (κ3) is 1.44. The molecule has 14 heavy (non-hydrogen) atoms. The first kappa shape index (κ1) is 9.99. The molecule has 1 nitrogen and oxygen atoms in total. The van der Waals surface area contributed by atoms with Gasteiger partial charge in [0.05, 0.1) is 0 Å². The van der Waals surface area contributed by atoms with Gasteiger partial charge in [0.2, 0.25) is 0 Å². The maximum atomic E-state index is 9.82. The van der Waals surface area contributed by atoms with Crippen LogP contribution in [-0.2, 0) is 11.8 Å². The van der Waals surface area contributed by atoms with Crippen LogP contribution < -0.4 is 0 Å². The third-order valence-corrected chi connectivity index (χ3v) is 3.87. The van der Waals surface area contributed by atoms with Crippen LogP contribution in [0.3, 0.4) is 0 Å². The molecule has 2 rings (SSSR count). The number of benzene rings is 1. The Balaban J connectivity index is 2.82. The number of phenolic OH excluding ortho intramolecular Hbond substituents is 1. The summed E-state index contributed by atoms with van der Waals surface area (Å²) in [5.41, 5.74) is 2.29. The zero-order valence-electron chi connectivity index (χ0n) is 7.88.